The molecule has 1 N–H and O–H groups in total. The molecule has 1 heterocycles. The largest absolute Gasteiger partial charge is 0.372 e. The van der Waals surface area contributed by atoms with E-state index in [0.717, 1.165) is 51.0 Å². The standard InChI is InChI=1S/C18H29N3O.2ClH/c1-4-12-20(5-2)17-10-8-15(9-11-17)18(22)21-13-6-7-16(14-21)19-3;;/h8-11,16,19H,4-7,12-14H2,1-3H3;2*1H. The number of likely N-dealkylation sites (N-methyl/N-ethyl adjacent to an activating group) is 1. The minimum absolute atomic E-state index is 0. The van der Waals surface area contributed by atoms with E-state index in [1.165, 1.54) is 5.69 Å². The monoisotopic (exact) mass is 375 g/mol. The summed E-state index contributed by atoms with van der Waals surface area (Å²) in [5.74, 6) is 0.157. The first-order valence-corrected chi connectivity index (χ1v) is 8.51. The molecule has 1 aliphatic rings. The average molecular weight is 376 g/mol. The van der Waals surface area contributed by atoms with Gasteiger partial charge in [0.25, 0.3) is 5.91 Å². The molecule has 0 bridgehead atoms. The van der Waals surface area contributed by atoms with Crippen LogP contribution >= 0.6 is 24.8 Å². The van der Waals surface area contributed by atoms with Gasteiger partial charge in [0.15, 0.2) is 0 Å². The lowest BCUT2D eigenvalue weighted by molar-refractivity contribution is 0.0698. The zero-order chi connectivity index (χ0) is 15.9. The molecule has 1 saturated heterocycles. The van der Waals surface area contributed by atoms with Gasteiger partial charge in [0.05, 0.1) is 0 Å². The van der Waals surface area contributed by atoms with Crippen LogP contribution in [0.25, 0.3) is 0 Å². The van der Waals surface area contributed by atoms with Crippen molar-refractivity contribution in [3.8, 4) is 0 Å². The van der Waals surface area contributed by atoms with E-state index in [1.54, 1.807) is 0 Å². The van der Waals surface area contributed by atoms with Gasteiger partial charge in [-0.3, -0.25) is 4.79 Å². The van der Waals surface area contributed by atoms with Gasteiger partial charge in [-0.05, 0) is 57.5 Å². The van der Waals surface area contributed by atoms with Crippen molar-refractivity contribution >= 4 is 36.4 Å². The third-order valence-corrected chi connectivity index (χ3v) is 4.47. The van der Waals surface area contributed by atoms with E-state index in [4.69, 9.17) is 0 Å². The Hall–Kier alpha value is -0.970. The SMILES string of the molecule is CCCN(CC)c1ccc(C(=O)N2CCCC(NC)C2)cc1.Cl.Cl. The Morgan fingerprint density at radius 2 is 1.92 bits per heavy atom. The summed E-state index contributed by atoms with van der Waals surface area (Å²) in [7, 11) is 1.97. The van der Waals surface area contributed by atoms with Gasteiger partial charge in [-0.15, -0.1) is 24.8 Å². The van der Waals surface area contributed by atoms with Crippen molar-refractivity contribution < 1.29 is 4.79 Å². The highest BCUT2D eigenvalue weighted by atomic mass is 35.5. The molecule has 0 radical (unpaired) electrons. The van der Waals surface area contributed by atoms with Crippen LogP contribution < -0.4 is 10.2 Å². The van der Waals surface area contributed by atoms with Crippen LogP contribution in [0.15, 0.2) is 24.3 Å². The maximum atomic E-state index is 12.6. The van der Waals surface area contributed by atoms with Crippen molar-refractivity contribution in [3.63, 3.8) is 0 Å². The predicted molar refractivity (Wildman–Crippen MR) is 107 cm³/mol. The number of piperidine rings is 1. The molecular formula is C18H31Cl2N3O. The minimum Gasteiger partial charge on any atom is -0.372 e. The lowest BCUT2D eigenvalue weighted by Gasteiger charge is -2.32. The van der Waals surface area contributed by atoms with Gasteiger partial charge in [-0.1, -0.05) is 6.92 Å². The van der Waals surface area contributed by atoms with Crippen LogP contribution in [-0.4, -0.2) is 50.1 Å². The number of anilines is 1. The highest BCUT2D eigenvalue weighted by molar-refractivity contribution is 5.94. The van der Waals surface area contributed by atoms with Gasteiger partial charge in [-0.25, -0.2) is 0 Å². The third-order valence-electron chi connectivity index (χ3n) is 4.47. The number of amides is 1. The number of carbonyl (C=O) groups is 1. The predicted octanol–water partition coefficient (Wildman–Crippen LogP) is 3.59. The van der Waals surface area contributed by atoms with Crippen molar-refractivity contribution in [2.75, 3.05) is 38.1 Å². The van der Waals surface area contributed by atoms with E-state index >= 15 is 0 Å². The zero-order valence-electron chi connectivity index (χ0n) is 15.0. The van der Waals surface area contributed by atoms with Crippen molar-refractivity contribution in [3.05, 3.63) is 29.8 Å². The lowest BCUT2D eigenvalue weighted by atomic mass is 10.0. The molecule has 138 valence electrons. The molecule has 6 heteroatoms. The molecule has 1 amide bonds. The summed E-state index contributed by atoms with van der Waals surface area (Å²) in [6.45, 7) is 8.09. The highest BCUT2D eigenvalue weighted by Crippen LogP contribution is 2.18. The molecule has 1 aromatic rings. The smallest absolute Gasteiger partial charge is 0.253 e. The van der Waals surface area contributed by atoms with Crippen LogP contribution in [0.2, 0.25) is 0 Å². The number of rotatable bonds is 6. The zero-order valence-corrected chi connectivity index (χ0v) is 16.6. The molecule has 1 unspecified atom stereocenters. The lowest BCUT2D eigenvalue weighted by Crippen LogP contribution is -2.46. The Bertz CT molecular complexity index is 482. The molecule has 1 fully saturated rings. The summed E-state index contributed by atoms with van der Waals surface area (Å²) >= 11 is 0. The fraction of sp³-hybridized carbons (Fsp3) is 0.611. The highest BCUT2D eigenvalue weighted by Gasteiger charge is 2.23. The fourth-order valence-corrected chi connectivity index (χ4v) is 3.13. The topological polar surface area (TPSA) is 35.6 Å². The first-order valence-electron chi connectivity index (χ1n) is 8.51. The Morgan fingerprint density at radius 1 is 1.25 bits per heavy atom. The second-order valence-corrected chi connectivity index (χ2v) is 6.01. The Balaban J connectivity index is 0.00000264. The molecular weight excluding hydrogens is 345 g/mol. The van der Waals surface area contributed by atoms with Crippen LogP contribution in [0.3, 0.4) is 0 Å². The van der Waals surface area contributed by atoms with Crippen LogP contribution in [-0.2, 0) is 0 Å². The summed E-state index contributed by atoms with van der Waals surface area (Å²) < 4.78 is 0. The molecule has 0 aliphatic carbocycles. The normalized spacial score (nSPS) is 16.8. The maximum Gasteiger partial charge on any atom is 0.253 e. The molecule has 0 aromatic heterocycles. The minimum atomic E-state index is 0. The van der Waals surface area contributed by atoms with Gasteiger partial charge in [0.1, 0.15) is 0 Å². The quantitative estimate of drug-likeness (QED) is 0.824. The number of hydrogen-bond acceptors (Lipinski definition) is 3. The van der Waals surface area contributed by atoms with Crippen LogP contribution in [0.1, 0.15) is 43.5 Å². The third kappa shape index (κ3) is 5.83. The van der Waals surface area contributed by atoms with E-state index in [9.17, 15) is 4.79 Å². The molecule has 4 nitrogen and oxygen atoms in total. The van der Waals surface area contributed by atoms with E-state index < -0.39 is 0 Å². The Labute approximate surface area is 158 Å². The van der Waals surface area contributed by atoms with Crippen LogP contribution in [0.5, 0.6) is 0 Å². The van der Waals surface area contributed by atoms with Gasteiger partial charge < -0.3 is 15.1 Å². The van der Waals surface area contributed by atoms with E-state index in [-0.39, 0.29) is 30.7 Å². The number of benzene rings is 1. The fourth-order valence-electron chi connectivity index (χ4n) is 3.13. The van der Waals surface area contributed by atoms with Crippen LogP contribution in [0.4, 0.5) is 5.69 Å². The summed E-state index contributed by atoms with van der Waals surface area (Å²) in [4.78, 5) is 16.9. The van der Waals surface area contributed by atoms with E-state index in [1.807, 2.05) is 24.1 Å². The van der Waals surface area contributed by atoms with Crippen LogP contribution in [0, 0.1) is 0 Å². The second kappa shape index (κ2) is 11.6. The number of likely N-dealkylation sites (tertiary alicyclic amines) is 1. The number of halogens is 2. The van der Waals surface area contributed by atoms with Crippen molar-refractivity contribution in [1.29, 1.82) is 0 Å². The summed E-state index contributed by atoms with van der Waals surface area (Å²) in [6, 6.07) is 8.52. The molecule has 0 saturated carbocycles. The van der Waals surface area contributed by atoms with E-state index in [2.05, 4.69) is 36.2 Å². The van der Waals surface area contributed by atoms with Crippen molar-refractivity contribution in [1.82, 2.24) is 10.2 Å². The van der Waals surface area contributed by atoms with Gasteiger partial charge in [0, 0.05) is 43.5 Å². The average Bonchev–Trinajstić information content (AvgIpc) is 2.59. The number of nitrogens with one attached hydrogen (secondary N) is 1. The Kier molecular flexibility index (Phi) is 11.1. The number of carbonyl (C=O) groups excluding carboxylic acids is 1. The van der Waals surface area contributed by atoms with Gasteiger partial charge in [0.2, 0.25) is 0 Å². The maximum absolute atomic E-state index is 12.6. The second-order valence-electron chi connectivity index (χ2n) is 6.01. The summed E-state index contributed by atoms with van der Waals surface area (Å²) in [5, 5.41) is 3.29. The van der Waals surface area contributed by atoms with Crippen molar-refractivity contribution in [2.45, 2.75) is 39.2 Å². The molecule has 1 atom stereocenters. The first-order chi connectivity index (χ1) is 10.7. The summed E-state index contributed by atoms with van der Waals surface area (Å²) in [6.07, 6.45) is 3.37. The number of nitrogens with zero attached hydrogens (tertiary/aromatic N) is 2. The number of hydrogen-bond donors (Lipinski definition) is 1. The molecule has 1 aromatic carbocycles. The molecule has 2 rings (SSSR count). The molecule has 1 aliphatic heterocycles. The molecule has 0 spiro atoms. The van der Waals surface area contributed by atoms with Crippen molar-refractivity contribution in [2.24, 2.45) is 0 Å². The first kappa shape index (κ1) is 23.0. The van der Waals surface area contributed by atoms with Gasteiger partial charge in [-0.2, -0.15) is 0 Å². The molecule has 24 heavy (non-hydrogen) atoms. The van der Waals surface area contributed by atoms with Gasteiger partial charge >= 0.3 is 0 Å². The Morgan fingerprint density at radius 3 is 2.46 bits per heavy atom. The summed E-state index contributed by atoms with van der Waals surface area (Å²) in [5.41, 5.74) is 2.00. The van der Waals surface area contributed by atoms with E-state index in [0.29, 0.717) is 6.04 Å².